The number of rotatable bonds is 5. The molecule has 2 atom stereocenters. The van der Waals surface area contributed by atoms with Crippen LogP contribution in [0.4, 0.5) is 10.1 Å². The van der Waals surface area contributed by atoms with Gasteiger partial charge < -0.3 is 9.80 Å². The fourth-order valence-corrected chi connectivity index (χ4v) is 5.74. The van der Waals surface area contributed by atoms with Crippen molar-refractivity contribution in [2.45, 2.75) is 5.92 Å². The summed E-state index contributed by atoms with van der Waals surface area (Å²) < 4.78 is 14.0. The number of hydrogen-bond donors (Lipinski definition) is 0. The summed E-state index contributed by atoms with van der Waals surface area (Å²) in [7, 11) is 0. The van der Waals surface area contributed by atoms with Gasteiger partial charge in [-0.3, -0.25) is 9.69 Å². The zero-order valence-corrected chi connectivity index (χ0v) is 18.9. The number of hydrogen-bond acceptors (Lipinski definition) is 4. The van der Waals surface area contributed by atoms with Gasteiger partial charge in [0.2, 0.25) is 0 Å². The highest BCUT2D eigenvalue weighted by molar-refractivity contribution is 7.12. The lowest BCUT2D eigenvalue weighted by atomic mass is 9.88. The molecule has 0 N–H and O–H groups in total. The van der Waals surface area contributed by atoms with Gasteiger partial charge in [-0.05, 0) is 47.2 Å². The lowest BCUT2D eigenvalue weighted by Gasteiger charge is -2.37. The highest BCUT2D eigenvalue weighted by atomic mass is 32.1. The number of anilines is 1. The van der Waals surface area contributed by atoms with E-state index >= 15 is 0 Å². The Balaban J connectivity index is 1.28. The van der Waals surface area contributed by atoms with E-state index in [0.717, 1.165) is 49.7 Å². The number of carbonyl (C=O) groups is 1. The smallest absolute Gasteiger partial charge is 0.263 e. The summed E-state index contributed by atoms with van der Waals surface area (Å²) in [4.78, 5) is 20.7. The maximum absolute atomic E-state index is 14.0. The van der Waals surface area contributed by atoms with E-state index in [2.05, 4.69) is 40.1 Å². The number of likely N-dealkylation sites (tertiary alicyclic amines) is 1. The number of para-hydroxylation sites is 1. The van der Waals surface area contributed by atoms with Crippen LogP contribution in [0, 0.1) is 11.7 Å². The van der Waals surface area contributed by atoms with Crippen LogP contribution in [0.3, 0.4) is 0 Å². The molecule has 5 rings (SSSR count). The second kappa shape index (κ2) is 9.43. The van der Waals surface area contributed by atoms with Crippen LogP contribution in [0.2, 0.25) is 0 Å². The van der Waals surface area contributed by atoms with E-state index in [4.69, 9.17) is 0 Å². The lowest BCUT2D eigenvalue weighted by molar-refractivity contribution is 0.0787. The number of piperazine rings is 1. The minimum Gasteiger partial charge on any atom is -0.369 e. The first-order chi connectivity index (χ1) is 15.7. The van der Waals surface area contributed by atoms with Gasteiger partial charge in [-0.2, -0.15) is 0 Å². The van der Waals surface area contributed by atoms with Crippen molar-refractivity contribution in [1.29, 1.82) is 0 Å². The summed E-state index contributed by atoms with van der Waals surface area (Å²) in [6.07, 6.45) is 0. The molecule has 0 aliphatic carbocycles. The van der Waals surface area contributed by atoms with Crippen LogP contribution < -0.4 is 4.90 Å². The molecule has 3 heterocycles. The van der Waals surface area contributed by atoms with Crippen LogP contribution in [0.15, 0.2) is 72.1 Å². The van der Waals surface area contributed by atoms with Crippen molar-refractivity contribution in [2.75, 3.05) is 50.7 Å². The van der Waals surface area contributed by atoms with Crippen LogP contribution in [0.1, 0.15) is 21.2 Å². The third kappa shape index (κ3) is 4.57. The van der Waals surface area contributed by atoms with E-state index in [9.17, 15) is 9.18 Å². The molecule has 2 unspecified atom stereocenters. The maximum Gasteiger partial charge on any atom is 0.263 e. The van der Waals surface area contributed by atoms with Crippen LogP contribution in [-0.2, 0) is 0 Å². The Bertz CT molecular complexity index is 1030. The van der Waals surface area contributed by atoms with E-state index in [1.165, 1.54) is 23.1 Å². The minimum atomic E-state index is -0.208. The van der Waals surface area contributed by atoms with Gasteiger partial charge >= 0.3 is 0 Å². The Hall–Kier alpha value is -2.70. The van der Waals surface area contributed by atoms with E-state index in [1.807, 2.05) is 28.5 Å². The van der Waals surface area contributed by atoms with E-state index in [0.29, 0.717) is 12.5 Å². The zero-order chi connectivity index (χ0) is 21.9. The minimum absolute atomic E-state index is 0.0952. The first-order valence-electron chi connectivity index (χ1n) is 11.3. The number of carbonyl (C=O) groups excluding carboxylic acids is 1. The normalized spacial score (nSPS) is 21.8. The number of halogens is 1. The number of nitrogens with zero attached hydrogens (tertiary/aromatic N) is 3. The van der Waals surface area contributed by atoms with Gasteiger partial charge in [-0.1, -0.05) is 36.4 Å². The van der Waals surface area contributed by atoms with Gasteiger partial charge in [0.15, 0.2) is 0 Å². The van der Waals surface area contributed by atoms with E-state index < -0.39 is 0 Å². The summed E-state index contributed by atoms with van der Waals surface area (Å²) in [5.74, 6) is 0.337. The summed E-state index contributed by atoms with van der Waals surface area (Å²) in [6, 6.07) is 21.3. The Morgan fingerprint density at radius 1 is 0.938 bits per heavy atom. The van der Waals surface area contributed by atoms with Gasteiger partial charge in [-0.25, -0.2) is 4.39 Å². The molecule has 0 bridgehead atoms. The van der Waals surface area contributed by atoms with Crippen molar-refractivity contribution in [1.82, 2.24) is 9.80 Å². The molecular weight excluding hydrogens is 421 g/mol. The van der Waals surface area contributed by atoms with Crippen molar-refractivity contribution in [3.05, 3.63) is 88.4 Å². The summed E-state index contributed by atoms with van der Waals surface area (Å²) >= 11 is 1.49. The van der Waals surface area contributed by atoms with Gasteiger partial charge in [-0.15, -0.1) is 11.3 Å². The zero-order valence-electron chi connectivity index (χ0n) is 18.1. The van der Waals surface area contributed by atoms with Gasteiger partial charge in [0.05, 0.1) is 4.88 Å². The predicted molar refractivity (Wildman–Crippen MR) is 128 cm³/mol. The summed E-state index contributed by atoms with van der Waals surface area (Å²) in [5.41, 5.74) is 2.28. The highest BCUT2D eigenvalue weighted by Gasteiger charge is 2.38. The average molecular weight is 450 g/mol. The molecule has 0 spiro atoms. The van der Waals surface area contributed by atoms with E-state index in [1.54, 1.807) is 12.1 Å². The van der Waals surface area contributed by atoms with Crippen molar-refractivity contribution in [3.8, 4) is 0 Å². The Kier molecular flexibility index (Phi) is 6.23. The largest absolute Gasteiger partial charge is 0.369 e. The van der Waals surface area contributed by atoms with Crippen LogP contribution in [0.5, 0.6) is 0 Å². The molecule has 2 aliphatic rings. The molecule has 32 heavy (non-hydrogen) atoms. The molecule has 3 aromatic rings. The van der Waals surface area contributed by atoms with Crippen molar-refractivity contribution in [2.24, 2.45) is 5.92 Å². The molecule has 166 valence electrons. The molecule has 2 fully saturated rings. The van der Waals surface area contributed by atoms with Crippen molar-refractivity contribution < 1.29 is 9.18 Å². The Morgan fingerprint density at radius 3 is 2.47 bits per heavy atom. The predicted octanol–water partition coefficient (Wildman–Crippen LogP) is 4.57. The molecule has 4 nitrogen and oxygen atoms in total. The average Bonchev–Trinajstić information content (AvgIpc) is 3.50. The standard InChI is InChI=1S/C26H28FN3OS/c27-22-7-4-6-20(16-22)24-19-30(26(31)25-10-5-15-32-25)18-21(24)17-28-11-13-29(14-12-28)23-8-2-1-3-9-23/h1-10,15-16,21,24H,11-14,17-19H2. The van der Waals surface area contributed by atoms with Gasteiger partial charge in [0.25, 0.3) is 5.91 Å². The highest BCUT2D eigenvalue weighted by Crippen LogP contribution is 2.35. The van der Waals surface area contributed by atoms with Crippen LogP contribution in [0.25, 0.3) is 0 Å². The fraction of sp³-hybridized carbons (Fsp3) is 0.346. The second-order valence-electron chi connectivity index (χ2n) is 8.73. The maximum atomic E-state index is 14.0. The Morgan fingerprint density at radius 2 is 1.75 bits per heavy atom. The van der Waals surface area contributed by atoms with Crippen molar-refractivity contribution >= 4 is 22.9 Å². The first-order valence-corrected chi connectivity index (χ1v) is 12.2. The molecule has 2 saturated heterocycles. The lowest BCUT2D eigenvalue weighted by Crippen LogP contribution is -2.48. The van der Waals surface area contributed by atoms with Crippen LogP contribution >= 0.6 is 11.3 Å². The van der Waals surface area contributed by atoms with Gasteiger partial charge in [0, 0.05) is 57.4 Å². The molecule has 1 aromatic heterocycles. The number of benzene rings is 2. The second-order valence-corrected chi connectivity index (χ2v) is 9.68. The first kappa shape index (κ1) is 21.2. The van der Waals surface area contributed by atoms with Crippen LogP contribution in [-0.4, -0.2) is 61.5 Å². The topological polar surface area (TPSA) is 26.8 Å². The molecular formula is C26H28FN3OS. The summed E-state index contributed by atoms with van der Waals surface area (Å²) in [6.45, 7) is 6.29. The SMILES string of the molecule is O=C(c1cccs1)N1CC(CN2CCN(c3ccccc3)CC2)C(c2cccc(F)c2)C1. The third-order valence-electron chi connectivity index (χ3n) is 6.72. The number of amides is 1. The molecule has 0 saturated carbocycles. The number of thiophene rings is 1. The molecule has 2 aliphatic heterocycles. The third-order valence-corrected chi connectivity index (χ3v) is 7.58. The fourth-order valence-electron chi connectivity index (χ4n) is 5.05. The summed E-state index contributed by atoms with van der Waals surface area (Å²) in [5, 5.41) is 1.94. The molecule has 0 radical (unpaired) electrons. The quantitative estimate of drug-likeness (QED) is 0.571. The molecule has 1 amide bonds. The van der Waals surface area contributed by atoms with Gasteiger partial charge in [0.1, 0.15) is 5.82 Å². The molecule has 2 aromatic carbocycles. The van der Waals surface area contributed by atoms with E-state index in [-0.39, 0.29) is 17.6 Å². The molecule has 6 heteroatoms. The monoisotopic (exact) mass is 449 g/mol. The Labute approximate surface area is 192 Å². The van der Waals surface area contributed by atoms with Crippen molar-refractivity contribution in [3.63, 3.8) is 0 Å².